The molecule has 1 aromatic heterocycles. The standard InChI is InChI=1S/C19H31N3S/c1-2-3-4-5-6-7-8-9-10-15-11-12-17-18(13-15)23-19(22-17)16(21)14-20/h11-13,16H,2-10,14,20-21H2,1H3. The fourth-order valence-corrected chi connectivity index (χ4v) is 3.91. The number of unbranched alkanes of at least 4 members (excludes halogenated alkanes) is 7. The Balaban J connectivity index is 1.75. The van der Waals surface area contributed by atoms with Crippen LogP contribution in [0.25, 0.3) is 10.2 Å². The topological polar surface area (TPSA) is 64.9 Å². The molecule has 1 heterocycles. The number of nitrogens with two attached hydrogens (primary N) is 2. The van der Waals surface area contributed by atoms with E-state index in [4.69, 9.17) is 11.5 Å². The molecule has 2 rings (SSSR count). The molecular weight excluding hydrogens is 302 g/mol. The number of benzene rings is 1. The van der Waals surface area contributed by atoms with Crippen LogP contribution in [0.15, 0.2) is 18.2 Å². The molecule has 1 unspecified atom stereocenters. The summed E-state index contributed by atoms with van der Waals surface area (Å²) < 4.78 is 1.24. The van der Waals surface area contributed by atoms with Gasteiger partial charge in [0.1, 0.15) is 5.01 Å². The lowest BCUT2D eigenvalue weighted by Crippen LogP contribution is -2.20. The molecule has 4 heteroatoms. The Morgan fingerprint density at radius 3 is 2.43 bits per heavy atom. The average molecular weight is 334 g/mol. The first-order chi connectivity index (χ1) is 11.2. The third kappa shape index (κ3) is 5.87. The summed E-state index contributed by atoms with van der Waals surface area (Å²) >= 11 is 1.68. The lowest BCUT2D eigenvalue weighted by Gasteiger charge is -2.02. The molecule has 23 heavy (non-hydrogen) atoms. The molecule has 1 aromatic carbocycles. The Morgan fingerprint density at radius 2 is 1.74 bits per heavy atom. The van der Waals surface area contributed by atoms with Crippen LogP contribution >= 0.6 is 11.3 Å². The highest BCUT2D eigenvalue weighted by Crippen LogP contribution is 2.26. The third-order valence-electron chi connectivity index (χ3n) is 4.36. The summed E-state index contributed by atoms with van der Waals surface area (Å²) in [6.07, 6.45) is 12.1. The highest BCUT2D eigenvalue weighted by atomic mass is 32.1. The van der Waals surface area contributed by atoms with Gasteiger partial charge in [0.05, 0.1) is 16.3 Å². The van der Waals surface area contributed by atoms with Gasteiger partial charge in [-0.2, -0.15) is 0 Å². The molecule has 2 aromatic rings. The van der Waals surface area contributed by atoms with E-state index in [1.807, 2.05) is 0 Å². The van der Waals surface area contributed by atoms with Crippen LogP contribution in [-0.2, 0) is 6.42 Å². The highest BCUT2D eigenvalue weighted by molar-refractivity contribution is 7.18. The van der Waals surface area contributed by atoms with E-state index < -0.39 is 0 Å². The predicted octanol–water partition coefficient (Wildman–Crippen LogP) is 4.94. The molecule has 0 aliphatic carbocycles. The largest absolute Gasteiger partial charge is 0.329 e. The van der Waals surface area contributed by atoms with Gasteiger partial charge < -0.3 is 11.5 Å². The van der Waals surface area contributed by atoms with Crippen molar-refractivity contribution in [3.8, 4) is 0 Å². The van der Waals surface area contributed by atoms with E-state index in [0.29, 0.717) is 6.54 Å². The summed E-state index contributed by atoms with van der Waals surface area (Å²) in [5, 5.41) is 0.951. The maximum absolute atomic E-state index is 5.98. The van der Waals surface area contributed by atoms with E-state index >= 15 is 0 Å². The van der Waals surface area contributed by atoms with Gasteiger partial charge in [-0.1, -0.05) is 57.9 Å². The molecule has 3 nitrogen and oxygen atoms in total. The first-order valence-corrected chi connectivity index (χ1v) is 9.91. The van der Waals surface area contributed by atoms with Crippen molar-refractivity contribution < 1.29 is 0 Å². The second-order valence-corrected chi connectivity index (χ2v) is 7.48. The summed E-state index contributed by atoms with van der Waals surface area (Å²) in [7, 11) is 0. The first-order valence-electron chi connectivity index (χ1n) is 9.09. The van der Waals surface area contributed by atoms with Gasteiger partial charge in [-0.25, -0.2) is 4.98 Å². The molecule has 0 amide bonds. The normalized spacial score (nSPS) is 12.8. The first kappa shape index (κ1) is 18.4. The van der Waals surface area contributed by atoms with Crippen molar-refractivity contribution in [1.82, 2.24) is 4.98 Å². The summed E-state index contributed by atoms with van der Waals surface area (Å²) in [5.74, 6) is 0. The number of nitrogens with zero attached hydrogens (tertiary/aromatic N) is 1. The zero-order valence-electron chi connectivity index (χ0n) is 14.4. The quantitative estimate of drug-likeness (QED) is 0.573. The van der Waals surface area contributed by atoms with E-state index in [-0.39, 0.29) is 6.04 Å². The second-order valence-electron chi connectivity index (χ2n) is 6.42. The minimum absolute atomic E-state index is 0.136. The Morgan fingerprint density at radius 1 is 1.04 bits per heavy atom. The molecule has 0 radical (unpaired) electrons. The number of fused-ring (bicyclic) bond motifs is 1. The van der Waals surface area contributed by atoms with Crippen molar-refractivity contribution in [3.63, 3.8) is 0 Å². The minimum atomic E-state index is -0.136. The van der Waals surface area contributed by atoms with Gasteiger partial charge in [0.15, 0.2) is 0 Å². The van der Waals surface area contributed by atoms with Crippen LogP contribution in [0.3, 0.4) is 0 Å². The maximum atomic E-state index is 5.98. The summed E-state index contributed by atoms with van der Waals surface area (Å²) in [6.45, 7) is 2.72. The molecule has 0 aliphatic rings. The Kier molecular flexibility index (Phi) is 8.00. The molecule has 0 aliphatic heterocycles. The molecule has 0 spiro atoms. The van der Waals surface area contributed by atoms with E-state index in [0.717, 1.165) is 10.5 Å². The second kappa shape index (κ2) is 10.0. The molecule has 1 atom stereocenters. The van der Waals surface area contributed by atoms with E-state index in [1.54, 1.807) is 11.3 Å². The van der Waals surface area contributed by atoms with Crippen molar-refractivity contribution in [3.05, 3.63) is 28.8 Å². The van der Waals surface area contributed by atoms with Gasteiger partial charge in [-0.15, -0.1) is 11.3 Å². The molecule has 0 bridgehead atoms. The fraction of sp³-hybridized carbons (Fsp3) is 0.632. The van der Waals surface area contributed by atoms with Crippen LogP contribution in [0.5, 0.6) is 0 Å². The maximum Gasteiger partial charge on any atom is 0.112 e. The number of hydrogen-bond acceptors (Lipinski definition) is 4. The smallest absolute Gasteiger partial charge is 0.112 e. The molecular formula is C19H31N3S. The zero-order chi connectivity index (χ0) is 16.5. The molecule has 4 N–H and O–H groups in total. The van der Waals surface area contributed by atoms with E-state index in [9.17, 15) is 0 Å². The van der Waals surface area contributed by atoms with Crippen LogP contribution in [0.1, 0.15) is 74.9 Å². The molecule has 0 saturated heterocycles. The van der Waals surface area contributed by atoms with Gasteiger partial charge >= 0.3 is 0 Å². The van der Waals surface area contributed by atoms with E-state index in [1.165, 1.54) is 68.1 Å². The van der Waals surface area contributed by atoms with Gasteiger partial charge in [-0.3, -0.25) is 0 Å². The SMILES string of the molecule is CCCCCCCCCCc1ccc2nc(C(N)CN)sc2c1. The van der Waals surface area contributed by atoms with Crippen molar-refractivity contribution in [2.75, 3.05) is 6.54 Å². The molecule has 128 valence electrons. The minimum Gasteiger partial charge on any atom is -0.329 e. The molecule has 0 saturated carbocycles. The highest BCUT2D eigenvalue weighted by Gasteiger charge is 2.10. The number of hydrogen-bond donors (Lipinski definition) is 2. The van der Waals surface area contributed by atoms with E-state index in [2.05, 4.69) is 30.1 Å². The van der Waals surface area contributed by atoms with Crippen molar-refractivity contribution >= 4 is 21.6 Å². The Bertz CT molecular complexity index is 579. The third-order valence-corrected chi connectivity index (χ3v) is 5.51. The van der Waals surface area contributed by atoms with Crippen LogP contribution in [0.2, 0.25) is 0 Å². The fourth-order valence-electron chi connectivity index (χ4n) is 2.86. The lowest BCUT2D eigenvalue weighted by atomic mass is 10.0. The lowest BCUT2D eigenvalue weighted by molar-refractivity contribution is 0.575. The summed E-state index contributed by atoms with van der Waals surface area (Å²) in [4.78, 5) is 4.58. The Labute approximate surface area is 144 Å². The van der Waals surface area contributed by atoms with Gasteiger partial charge in [-0.05, 0) is 30.5 Å². The van der Waals surface area contributed by atoms with Gasteiger partial charge in [0.2, 0.25) is 0 Å². The summed E-state index contributed by atoms with van der Waals surface area (Å²) in [6, 6.07) is 6.48. The van der Waals surface area contributed by atoms with Crippen molar-refractivity contribution in [2.24, 2.45) is 11.5 Å². The Hall–Kier alpha value is -0.970. The van der Waals surface area contributed by atoms with Crippen molar-refractivity contribution in [2.45, 2.75) is 70.8 Å². The van der Waals surface area contributed by atoms with Gasteiger partial charge in [0, 0.05) is 6.54 Å². The predicted molar refractivity (Wildman–Crippen MR) is 102 cm³/mol. The van der Waals surface area contributed by atoms with Crippen molar-refractivity contribution in [1.29, 1.82) is 0 Å². The monoisotopic (exact) mass is 333 g/mol. The number of rotatable bonds is 11. The van der Waals surface area contributed by atoms with Crippen LogP contribution in [0.4, 0.5) is 0 Å². The summed E-state index contributed by atoms with van der Waals surface area (Å²) in [5.41, 5.74) is 14.1. The molecule has 0 fully saturated rings. The zero-order valence-corrected chi connectivity index (χ0v) is 15.2. The number of thiazole rings is 1. The average Bonchev–Trinajstić information content (AvgIpc) is 2.99. The van der Waals surface area contributed by atoms with Crippen LogP contribution in [-0.4, -0.2) is 11.5 Å². The van der Waals surface area contributed by atoms with Gasteiger partial charge in [0.25, 0.3) is 0 Å². The van der Waals surface area contributed by atoms with Crippen LogP contribution in [0, 0.1) is 0 Å². The number of aryl methyl sites for hydroxylation is 1. The van der Waals surface area contributed by atoms with Crippen LogP contribution < -0.4 is 11.5 Å². The number of aromatic nitrogens is 1.